The van der Waals surface area contributed by atoms with Crippen LogP contribution in [0.1, 0.15) is 48.8 Å². The number of benzene rings is 2. The maximum atomic E-state index is 12.6. The molecule has 4 heteroatoms. The van der Waals surface area contributed by atoms with E-state index in [0.29, 0.717) is 18.2 Å². The number of carbonyl (C=O) groups excluding carboxylic acids is 1. The third-order valence-corrected chi connectivity index (χ3v) is 6.91. The van der Waals surface area contributed by atoms with Crippen molar-refractivity contribution in [3.8, 4) is 5.75 Å². The number of piperidine rings is 1. The van der Waals surface area contributed by atoms with E-state index in [9.17, 15) is 4.79 Å². The van der Waals surface area contributed by atoms with Gasteiger partial charge in [-0.25, -0.2) is 0 Å². The molecule has 2 fully saturated rings. The van der Waals surface area contributed by atoms with Crippen molar-refractivity contribution in [2.24, 2.45) is 5.92 Å². The minimum absolute atomic E-state index is 0.292. The van der Waals surface area contributed by atoms with Gasteiger partial charge in [-0.2, -0.15) is 0 Å². The lowest BCUT2D eigenvalue weighted by Crippen LogP contribution is -2.39. The van der Waals surface area contributed by atoms with Gasteiger partial charge in [-0.1, -0.05) is 36.4 Å². The highest BCUT2D eigenvalue weighted by molar-refractivity contribution is 5.76. The van der Waals surface area contributed by atoms with Crippen LogP contribution in [0.25, 0.3) is 0 Å². The largest absolute Gasteiger partial charge is 0.497 e. The highest BCUT2D eigenvalue weighted by Crippen LogP contribution is 2.23. The third kappa shape index (κ3) is 6.33. The van der Waals surface area contributed by atoms with E-state index in [2.05, 4.69) is 46.2 Å². The zero-order valence-corrected chi connectivity index (χ0v) is 18.9. The van der Waals surface area contributed by atoms with Gasteiger partial charge in [-0.05, 0) is 86.4 Å². The number of hydrogen-bond acceptors (Lipinski definition) is 3. The summed E-state index contributed by atoms with van der Waals surface area (Å²) >= 11 is 0. The second-order valence-electron chi connectivity index (χ2n) is 9.18. The molecule has 0 spiro atoms. The van der Waals surface area contributed by atoms with E-state index in [1.165, 1.54) is 42.6 Å². The van der Waals surface area contributed by atoms with Crippen LogP contribution in [-0.4, -0.2) is 49.0 Å². The summed E-state index contributed by atoms with van der Waals surface area (Å²) < 4.78 is 5.20. The van der Waals surface area contributed by atoms with Crippen molar-refractivity contribution in [2.75, 3.05) is 33.3 Å². The zero-order chi connectivity index (χ0) is 21.5. The Morgan fingerprint density at radius 2 is 1.48 bits per heavy atom. The Morgan fingerprint density at radius 3 is 2.13 bits per heavy atom. The van der Waals surface area contributed by atoms with Gasteiger partial charge in [-0.3, -0.25) is 9.69 Å². The van der Waals surface area contributed by atoms with Gasteiger partial charge in [0.25, 0.3) is 0 Å². The van der Waals surface area contributed by atoms with Gasteiger partial charge in [0, 0.05) is 26.1 Å². The van der Waals surface area contributed by atoms with Gasteiger partial charge in [0.05, 0.1) is 7.11 Å². The second kappa shape index (κ2) is 10.8. The quantitative estimate of drug-likeness (QED) is 0.620. The van der Waals surface area contributed by atoms with Crippen molar-refractivity contribution in [3.05, 3.63) is 65.2 Å². The van der Waals surface area contributed by atoms with Crippen molar-refractivity contribution < 1.29 is 9.53 Å². The Bertz CT molecular complexity index is 817. The normalized spacial score (nSPS) is 17.8. The van der Waals surface area contributed by atoms with Crippen LogP contribution in [0.5, 0.6) is 5.75 Å². The molecule has 2 aliphatic rings. The van der Waals surface area contributed by atoms with Gasteiger partial charge in [0.1, 0.15) is 5.75 Å². The summed E-state index contributed by atoms with van der Waals surface area (Å²) in [6.45, 7) is 5.40. The van der Waals surface area contributed by atoms with Gasteiger partial charge in [-0.15, -0.1) is 0 Å². The molecular weight excluding hydrogens is 384 g/mol. The lowest BCUT2D eigenvalue weighted by atomic mass is 9.89. The van der Waals surface area contributed by atoms with E-state index in [-0.39, 0.29) is 0 Å². The molecule has 4 nitrogen and oxygen atoms in total. The predicted octanol–water partition coefficient (Wildman–Crippen LogP) is 4.70. The van der Waals surface area contributed by atoms with Crippen molar-refractivity contribution in [1.82, 2.24) is 9.80 Å². The maximum absolute atomic E-state index is 12.6. The van der Waals surface area contributed by atoms with E-state index in [1.807, 2.05) is 12.1 Å². The van der Waals surface area contributed by atoms with Crippen molar-refractivity contribution in [3.63, 3.8) is 0 Å². The fourth-order valence-electron chi connectivity index (χ4n) is 4.90. The smallest absolute Gasteiger partial charge is 0.222 e. The second-order valence-corrected chi connectivity index (χ2v) is 9.18. The minimum Gasteiger partial charge on any atom is -0.497 e. The first kappa shape index (κ1) is 21.9. The molecule has 2 saturated heterocycles. The fourth-order valence-corrected chi connectivity index (χ4v) is 4.90. The van der Waals surface area contributed by atoms with Crippen LogP contribution in [0.15, 0.2) is 48.5 Å². The Balaban J connectivity index is 1.18. The number of methoxy groups -OCH3 is 1. The summed E-state index contributed by atoms with van der Waals surface area (Å²) in [6, 6.07) is 17.3. The molecule has 166 valence electrons. The molecule has 2 heterocycles. The van der Waals surface area contributed by atoms with E-state index in [1.54, 1.807) is 7.11 Å². The Labute approximate surface area is 187 Å². The minimum atomic E-state index is 0.292. The van der Waals surface area contributed by atoms with Gasteiger partial charge < -0.3 is 9.64 Å². The first-order valence-corrected chi connectivity index (χ1v) is 11.9. The molecular formula is C27H36N2O2. The van der Waals surface area contributed by atoms with Crippen molar-refractivity contribution >= 4 is 5.91 Å². The molecule has 2 aromatic rings. The number of carbonyl (C=O) groups is 1. The van der Waals surface area contributed by atoms with Crippen LogP contribution < -0.4 is 4.74 Å². The molecule has 0 N–H and O–H groups in total. The molecule has 4 rings (SSSR count). The van der Waals surface area contributed by atoms with Crippen molar-refractivity contribution in [1.29, 1.82) is 0 Å². The molecule has 0 bridgehead atoms. The Morgan fingerprint density at radius 1 is 0.871 bits per heavy atom. The molecule has 31 heavy (non-hydrogen) atoms. The number of hydrogen-bond donors (Lipinski definition) is 0. The summed E-state index contributed by atoms with van der Waals surface area (Å²) in [5, 5.41) is 0. The van der Waals surface area contributed by atoms with Crippen molar-refractivity contribution in [2.45, 2.75) is 51.5 Å². The van der Waals surface area contributed by atoms with Crippen LogP contribution in [0, 0.1) is 5.92 Å². The van der Waals surface area contributed by atoms with E-state index < -0.39 is 0 Å². The summed E-state index contributed by atoms with van der Waals surface area (Å²) in [6.07, 6.45) is 7.45. The Kier molecular flexibility index (Phi) is 7.63. The number of ether oxygens (including phenoxy) is 1. The molecule has 0 aliphatic carbocycles. The van der Waals surface area contributed by atoms with Crippen LogP contribution in [0.4, 0.5) is 0 Å². The number of nitrogens with zero attached hydrogens (tertiary/aromatic N) is 2. The highest BCUT2D eigenvalue weighted by Gasteiger charge is 2.22. The summed E-state index contributed by atoms with van der Waals surface area (Å²) in [7, 11) is 1.67. The average Bonchev–Trinajstić information content (AvgIpc) is 3.33. The van der Waals surface area contributed by atoms with Gasteiger partial charge >= 0.3 is 0 Å². The van der Waals surface area contributed by atoms with Crippen LogP contribution >= 0.6 is 0 Å². The van der Waals surface area contributed by atoms with Crippen LogP contribution in [0.3, 0.4) is 0 Å². The standard InChI is InChI=1S/C27H36N2O2/c1-31-26-11-8-22(9-12-26)10-13-27(30)29-18-14-24(15-19-29)20-23-4-6-25(7-5-23)21-28-16-2-3-17-28/h4-9,11-12,24H,2-3,10,13-21H2,1H3. The van der Waals surface area contributed by atoms with Gasteiger partial charge in [0.15, 0.2) is 0 Å². The van der Waals surface area contributed by atoms with Crippen LogP contribution in [-0.2, 0) is 24.2 Å². The average molecular weight is 421 g/mol. The lowest BCUT2D eigenvalue weighted by Gasteiger charge is -2.32. The molecule has 2 aliphatic heterocycles. The first-order chi connectivity index (χ1) is 15.2. The topological polar surface area (TPSA) is 32.8 Å². The molecule has 2 aromatic carbocycles. The van der Waals surface area contributed by atoms with E-state index >= 15 is 0 Å². The summed E-state index contributed by atoms with van der Waals surface area (Å²) in [4.78, 5) is 17.3. The highest BCUT2D eigenvalue weighted by atomic mass is 16.5. The SMILES string of the molecule is COc1ccc(CCC(=O)N2CCC(Cc3ccc(CN4CCCC4)cc3)CC2)cc1. The molecule has 0 radical (unpaired) electrons. The van der Waals surface area contributed by atoms with Crippen LogP contribution in [0.2, 0.25) is 0 Å². The third-order valence-electron chi connectivity index (χ3n) is 6.91. The molecule has 0 unspecified atom stereocenters. The monoisotopic (exact) mass is 420 g/mol. The molecule has 0 aromatic heterocycles. The zero-order valence-electron chi connectivity index (χ0n) is 18.9. The number of aryl methyl sites for hydroxylation is 1. The summed E-state index contributed by atoms with van der Waals surface area (Å²) in [5.41, 5.74) is 4.06. The number of likely N-dealkylation sites (tertiary alicyclic amines) is 2. The lowest BCUT2D eigenvalue weighted by molar-refractivity contribution is -0.132. The predicted molar refractivity (Wildman–Crippen MR) is 125 cm³/mol. The van der Waals surface area contributed by atoms with E-state index in [4.69, 9.17) is 4.74 Å². The fraction of sp³-hybridized carbons (Fsp3) is 0.519. The molecule has 1 amide bonds. The maximum Gasteiger partial charge on any atom is 0.222 e. The van der Waals surface area contributed by atoms with E-state index in [0.717, 1.165) is 51.1 Å². The summed E-state index contributed by atoms with van der Waals surface area (Å²) in [5.74, 6) is 1.84. The first-order valence-electron chi connectivity index (χ1n) is 11.9. The molecule has 0 atom stereocenters. The number of amides is 1. The van der Waals surface area contributed by atoms with Gasteiger partial charge in [0.2, 0.25) is 5.91 Å². The molecule has 0 saturated carbocycles. The number of rotatable bonds is 8. The Hall–Kier alpha value is -2.33.